The van der Waals surface area contributed by atoms with Crippen molar-refractivity contribution in [2.75, 3.05) is 13.2 Å². The third kappa shape index (κ3) is 53.2. The predicted molar refractivity (Wildman–Crippen MR) is 280 cm³/mol. The molecule has 6 nitrogen and oxygen atoms in total. The van der Waals surface area contributed by atoms with Crippen LogP contribution in [0.4, 0.5) is 0 Å². The number of rotatable bonds is 53. The topological polar surface area (TPSA) is 78.9 Å². The highest BCUT2D eigenvalue weighted by Gasteiger charge is 2.19. The second kappa shape index (κ2) is 51.8. The molecule has 0 saturated carbocycles. The summed E-state index contributed by atoms with van der Waals surface area (Å²) in [4.78, 5) is 38.1. The van der Waals surface area contributed by atoms with Gasteiger partial charge in [0.15, 0.2) is 6.10 Å². The number of carbonyl (C=O) groups excluding carboxylic acids is 3. The summed E-state index contributed by atoms with van der Waals surface area (Å²) in [5.41, 5.74) is 0. The van der Waals surface area contributed by atoms with Crippen molar-refractivity contribution in [3.63, 3.8) is 0 Å². The lowest BCUT2D eigenvalue weighted by molar-refractivity contribution is -0.167. The van der Waals surface area contributed by atoms with Gasteiger partial charge in [-0.1, -0.05) is 291 Å². The molecule has 0 saturated heterocycles. The van der Waals surface area contributed by atoms with E-state index < -0.39 is 6.10 Å². The molecule has 0 aliphatic carbocycles. The summed E-state index contributed by atoms with van der Waals surface area (Å²) in [7, 11) is 0. The normalized spacial score (nSPS) is 12.0. The fourth-order valence-corrected chi connectivity index (χ4v) is 9.05. The summed E-state index contributed by atoms with van der Waals surface area (Å²) in [6.45, 7) is 11.4. The van der Waals surface area contributed by atoms with E-state index in [4.69, 9.17) is 14.2 Å². The van der Waals surface area contributed by atoms with Crippen molar-refractivity contribution in [1.29, 1.82) is 0 Å². The smallest absolute Gasteiger partial charge is 0.306 e. The minimum atomic E-state index is -0.762. The third-order valence-electron chi connectivity index (χ3n) is 13.5. The van der Waals surface area contributed by atoms with E-state index in [1.54, 1.807) is 0 Å². The first-order valence-electron chi connectivity index (χ1n) is 29.2. The van der Waals surface area contributed by atoms with Crippen molar-refractivity contribution in [2.24, 2.45) is 11.8 Å². The van der Waals surface area contributed by atoms with Gasteiger partial charge >= 0.3 is 17.9 Å². The maximum Gasteiger partial charge on any atom is 0.306 e. The van der Waals surface area contributed by atoms with E-state index in [9.17, 15) is 14.4 Å². The summed E-state index contributed by atoms with van der Waals surface area (Å²) in [6.07, 6.45) is 55.3. The molecule has 0 rings (SSSR count). The van der Waals surface area contributed by atoms with Crippen LogP contribution in [-0.4, -0.2) is 37.2 Å². The number of carbonyl (C=O) groups is 3. The maximum atomic E-state index is 12.8. The first kappa shape index (κ1) is 63.4. The van der Waals surface area contributed by atoms with Gasteiger partial charge in [0.2, 0.25) is 0 Å². The summed E-state index contributed by atoms with van der Waals surface area (Å²) in [6, 6.07) is 0. The van der Waals surface area contributed by atoms with Crippen molar-refractivity contribution >= 4 is 17.9 Å². The summed E-state index contributed by atoms with van der Waals surface area (Å²) in [5.74, 6) is 0.838. The Morgan fingerprint density at radius 1 is 0.292 bits per heavy atom. The maximum absolute atomic E-state index is 12.8. The Labute approximate surface area is 406 Å². The molecule has 0 fully saturated rings. The zero-order chi connectivity index (χ0) is 47.5. The van der Waals surface area contributed by atoms with Crippen LogP contribution in [0, 0.1) is 11.8 Å². The molecule has 6 heteroatoms. The van der Waals surface area contributed by atoms with Gasteiger partial charge in [0.05, 0.1) is 0 Å². The van der Waals surface area contributed by atoms with E-state index in [0.29, 0.717) is 19.3 Å². The first-order valence-corrected chi connectivity index (χ1v) is 29.2. The standard InChI is InChI=1S/C59H114O6/c1-6-7-8-9-10-11-12-19-24-31-36-41-46-51-59(62)65-56(53-64-58(61)50-45-40-35-30-26-25-28-33-38-43-48-55(4)5)52-63-57(60)49-44-39-34-29-23-21-18-16-14-13-15-17-20-22-27-32-37-42-47-54(2)3/h54-56H,6-53H2,1-5H3/t56-/m1/s1. The highest BCUT2D eigenvalue weighted by molar-refractivity contribution is 5.71. The molecule has 386 valence electrons. The van der Waals surface area contributed by atoms with Gasteiger partial charge in [-0.15, -0.1) is 0 Å². The number of ether oxygens (including phenoxy) is 3. The zero-order valence-electron chi connectivity index (χ0n) is 44.6. The molecule has 0 N–H and O–H groups in total. The fourth-order valence-electron chi connectivity index (χ4n) is 9.05. The molecule has 0 aromatic rings. The van der Waals surface area contributed by atoms with E-state index in [1.807, 2.05) is 0 Å². The van der Waals surface area contributed by atoms with E-state index in [2.05, 4.69) is 34.6 Å². The van der Waals surface area contributed by atoms with Gasteiger partial charge in [-0.05, 0) is 31.1 Å². The highest BCUT2D eigenvalue weighted by atomic mass is 16.6. The van der Waals surface area contributed by atoms with Crippen molar-refractivity contribution in [3.8, 4) is 0 Å². The van der Waals surface area contributed by atoms with Crippen molar-refractivity contribution in [2.45, 2.75) is 336 Å². The van der Waals surface area contributed by atoms with Gasteiger partial charge in [-0.25, -0.2) is 0 Å². The van der Waals surface area contributed by atoms with Crippen LogP contribution in [0.1, 0.15) is 330 Å². The molecule has 0 aliphatic heterocycles. The minimum Gasteiger partial charge on any atom is -0.462 e. The molecule has 1 atom stereocenters. The van der Waals surface area contributed by atoms with Crippen LogP contribution < -0.4 is 0 Å². The van der Waals surface area contributed by atoms with Gasteiger partial charge in [-0.3, -0.25) is 14.4 Å². The number of unbranched alkanes of at least 4 members (excludes halogenated alkanes) is 38. The molecular weight excluding hydrogens is 805 g/mol. The van der Waals surface area contributed by atoms with Crippen LogP contribution in [0.3, 0.4) is 0 Å². The highest BCUT2D eigenvalue weighted by Crippen LogP contribution is 2.18. The Bertz CT molecular complexity index is 993. The Hall–Kier alpha value is -1.59. The Balaban J connectivity index is 4.23. The summed E-state index contributed by atoms with van der Waals surface area (Å²) < 4.78 is 16.9. The lowest BCUT2D eigenvalue weighted by Crippen LogP contribution is -2.30. The lowest BCUT2D eigenvalue weighted by atomic mass is 10.0. The zero-order valence-corrected chi connectivity index (χ0v) is 44.6. The van der Waals surface area contributed by atoms with E-state index in [1.165, 1.54) is 218 Å². The first-order chi connectivity index (χ1) is 31.7. The monoisotopic (exact) mass is 919 g/mol. The van der Waals surface area contributed by atoms with Crippen LogP contribution in [0.25, 0.3) is 0 Å². The predicted octanol–water partition coefficient (Wildman–Crippen LogP) is 19.3. The largest absolute Gasteiger partial charge is 0.462 e. The summed E-state index contributed by atoms with van der Waals surface area (Å²) in [5, 5.41) is 0. The van der Waals surface area contributed by atoms with E-state index in [0.717, 1.165) is 69.6 Å². The Morgan fingerprint density at radius 2 is 0.508 bits per heavy atom. The van der Waals surface area contributed by atoms with Gasteiger partial charge in [0.1, 0.15) is 13.2 Å². The van der Waals surface area contributed by atoms with Crippen LogP contribution in [-0.2, 0) is 28.6 Å². The summed E-state index contributed by atoms with van der Waals surface area (Å²) >= 11 is 0. The van der Waals surface area contributed by atoms with Gasteiger partial charge < -0.3 is 14.2 Å². The molecule has 0 unspecified atom stereocenters. The van der Waals surface area contributed by atoms with E-state index >= 15 is 0 Å². The fraction of sp³-hybridized carbons (Fsp3) is 0.949. The molecule has 0 aromatic heterocycles. The number of hydrogen-bond acceptors (Lipinski definition) is 6. The third-order valence-corrected chi connectivity index (χ3v) is 13.5. The molecule has 0 aromatic carbocycles. The van der Waals surface area contributed by atoms with Crippen molar-refractivity contribution in [1.82, 2.24) is 0 Å². The molecular formula is C59H114O6. The quantitative estimate of drug-likeness (QED) is 0.0344. The molecule has 0 bridgehead atoms. The van der Waals surface area contributed by atoms with E-state index in [-0.39, 0.29) is 31.1 Å². The molecule has 0 radical (unpaired) electrons. The average Bonchev–Trinajstić information content (AvgIpc) is 3.28. The van der Waals surface area contributed by atoms with Gasteiger partial charge in [-0.2, -0.15) is 0 Å². The van der Waals surface area contributed by atoms with Crippen LogP contribution in [0.5, 0.6) is 0 Å². The molecule has 0 spiro atoms. The molecule has 0 heterocycles. The van der Waals surface area contributed by atoms with Crippen LogP contribution in [0.2, 0.25) is 0 Å². The molecule has 65 heavy (non-hydrogen) atoms. The minimum absolute atomic E-state index is 0.0626. The molecule has 0 amide bonds. The van der Waals surface area contributed by atoms with Gasteiger partial charge in [0.25, 0.3) is 0 Å². The van der Waals surface area contributed by atoms with Gasteiger partial charge in [0, 0.05) is 19.3 Å². The lowest BCUT2D eigenvalue weighted by Gasteiger charge is -2.18. The Kier molecular flexibility index (Phi) is 50.5. The Morgan fingerprint density at radius 3 is 0.754 bits per heavy atom. The number of hydrogen-bond donors (Lipinski definition) is 0. The second-order valence-electron chi connectivity index (χ2n) is 21.2. The number of esters is 3. The van der Waals surface area contributed by atoms with Crippen molar-refractivity contribution in [3.05, 3.63) is 0 Å². The second-order valence-corrected chi connectivity index (χ2v) is 21.2. The van der Waals surface area contributed by atoms with Crippen LogP contribution in [0.15, 0.2) is 0 Å². The molecule has 0 aliphatic rings. The average molecular weight is 920 g/mol. The SMILES string of the molecule is CCCCCCCCCCCCCCCC(=O)O[C@H](COC(=O)CCCCCCCCCCCCCCCCCCCCC(C)C)COC(=O)CCCCCCCCCCCCC(C)C. The van der Waals surface area contributed by atoms with Crippen LogP contribution >= 0.6 is 0 Å². The van der Waals surface area contributed by atoms with Crippen molar-refractivity contribution < 1.29 is 28.6 Å².